The van der Waals surface area contributed by atoms with E-state index in [-0.39, 0.29) is 5.52 Å². The summed E-state index contributed by atoms with van der Waals surface area (Å²) in [6, 6.07) is 4.65. The highest BCUT2D eigenvalue weighted by molar-refractivity contribution is 5.75. The maximum Gasteiger partial charge on any atom is 0.298 e. The zero-order chi connectivity index (χ0) is 14.0. The molecule has 0 aliphatic rings. The fourth-order valence-corrected chi connectivity index (χ4v) is 1.72. The molecule has 1 heterocycles. The Balaban J connectivity index is 2.65. The molecule has 4 nitrogen and oxygen atoms in total. The third-order valence-electron chi connectivity index (χ3n) is 2.65. The van der Waals surface area contributed by atoms with Crippen LogP contribution in [0.2, 0.25) is 0 Å². The van der Waals surface area contributed by atoms with Crippen LogP contribution in [0, 0.1) is 0 Å². The quantitative estimate of drug-likeness (QED) is 0.865. The van der Waals surface area contributed by atoms with E-state index < -0.39 is 23.6 Å². The zero-order valence-corrected chi connectivity index (χ0v) is 10.2. The van der Waals surface area contributed by atoms with E-state index in [2.05, 4.69) is 16.5 Å². The second kappa shape index (κ2) is 4.79. The summed E-state index contributed by atoms with van der Waals surface area (Å²) in [6.07, 6.45) is 0.412. The molecule has 19 heavy (non-hydrogen) atoms. The number of rotatable bonds is 4. The highest BCUT2D eigenvalue weighted by atomic mass is 19.3. The van der Waals surface area contributed by atoms with E-state index in [1.165, 1.54) is 13.2 Å². The van der Waals surface area contributed by atoms with Crippen molar-refractivity contribution in [1.82, 2.24) is 9.97 Å². The number of hydrogen-bond donors (Lipinski definition) is 1. The van der Waals surface area contributed by atoms with Crippen LogP contribution in [0.5, 0.6) is 5.75 Å². The van der Waals surface area contributed by atoms with Gasteiger partial charge < -0.3 is 9.72 Å². The largest absolute Gasteiger partial charge is 0.497 e. The van der Waals surface area contributed by atoms with E-state index in [0.29, 0.717) is 11.3 Å². The van der Waals surface area contributed by atoms with Crippen LogP contribution in [0.1, 0.15) is 12.1 Å². The molecule has 0 unspecified atom stereocenters. The molecule has 1 aromatic carbocycles. The maximum atomic E-state index is 13.7. The van der Waals surface area contributed by atoms with Gasteiger partial charge in [-0.1, -0.05) is 6.08 Å². The van der Waals surface area contributed by atoms with E-state index in [1.54, 1.807) is 12.1 Å². The van der Waals surface area contributed by atoms with Gasteiger partial charge in [0, 0.05) is 12.5 Å². The van der Waals surface area contributed by atoms with Crippen LogP contribution >= 0.6 is 0 Å². The average molecular weight is 266 g/mol. The minimum Gasteiger partial charge on any atom is -0.497 e. The van der Waals surface area contributed by atoms with Crippen molar-refractivity contribution in [3.63, 3.8) is 0 Å². The molecule has 0 bridgehead atoms. The van der Waals surface area contributed by atoms with Crippen molar-refractivity contribution in [3.05, 3.63) is 46.9 Å². The molecule has 0 saturated heterocycles. The summed E-state index contributed by atoms with van der Waals surface area (Å²) in [4.78, 5) is 17.8. The van der Waals surface area contributed by atoms with Crippen molar-refractivity contribution in [3.8, 4) is 5.75 Å². The number of benzene rings is 1. The number of alkyl halides is 2. The van der Waals surface area contributed by atoms with Gasteiger partial charge in [-0.3, -0.25) is 4.79 Å². The number of allylic oxidation sites excluding steroid dienone is 1. The molecule has 0 amide bonds. The minimum absolute atomic E-state index is 0.248. The number of nitrogens with one attached hydrogen (secondary N) is 1. The molecule has 2 aromatic rings. The molecular formula is C13H12F2N2O2. The summed E-state index contributed by atoms with van der Waals surface area (Å²) in [5.41, 5.74) is -1.08. The molecule has 100 valence electrons. The Bertz CT molecular complexity index is 680. The van der Waals surface area contributed by atoms with Gasteiger partial charge >= 0.3 is 0 Å². The van der Waals surface area contributed by atoms with Crippen LogP contribution in [0.4, 0.5) is 8.78 Å². The molecule has 6 heteroatoms. The van der Waals surface area contributed by atoms with E-state index in [1.807, 2.05) is 0 Å². The molecule has 1 N–H and O–H groups in total. The molecular weight excluding hydrogens is 254 g/mol. The van der Waals surface area contributed by atoms with Crippen LogP contribution in [-0.2, 0) is 5.92 Å². The first-order valence-electron chi connectivity index (χ1n) is 5.55. The zero-order valence-electron chi connectivity index (χ0n) is 10.2. The number of halogens is 2. The highest BCUT2D eigenvalue weighted by Crippen LogP contribution is 2.29. The van der Waals surface area contributed by atoms with Gasteiger partial charge in [-0.05, 0) is 12.1 Å². The molecule has 2 rings (SSSR count). The number of aromatic amines is 1. The normalized spacial score (nSPS) is 11.5. The Kier molecular flexibility index (Phi) is 3.33. The molecule has 1 aromatic heterocycles. The lowest BCUT2D eigenvalue weighted by molar-refractivity contribution is -0.00662. The Morgan fingerprint density at radius 1 is 1.53 bits per heavy atom. The van der Waals surface area contributed by atoms with Gasteiger partial charge in [-0.2, -0.15) is 8.78 Å². The summed E-state index contributed by atoms with van der Waals surface area (Å²) in [7, 11) is 1.46. The van der Waals surface area contributed by atoms with Crippen molar-refractivity contribution >= 4 is 11.0 Å². The van der Waals surface area contributed by atoms with E-state index in [0.717, 1.165) is 6.08 Å². The smallest absolute Gasteiger partial charge is 0.298 e. The maximum absolute atomic E-state index is 13.7. The standard InChI is InChI=1S/C13H12F2N2O2/c1-3-6-13(14,15)11-12(18)17-9-5-4-8(19-2)7-10(9)16-11/h3-5,7H,1,6H2,2H3,(H,17,18). The SMILES string of the molecule is C=CCC(F)(F)c1nc2cc(OC)ccc2[nH]c1=O. The fraction of sp³-hybridized carbons (Fsp3) is 0.231. The number of nitrogens with zero attached hydrogens (tertiary/aromatic N) is 1. The van der Waals surface area contributed by atoms with Crippen LogP contribution in [0.3, 0.4) is 0 Å². The molecule has 0 aliphatic heterocycles. The van der Waals surface area contributed by atoms with Gasteiger partial charge in [0.25, 0.3) is 11.5 Å². The van der Waals surface area contributed by atoms with Gasteiger partial charge in [-0.25, -0.2) is 4.98 Å². The van der Waals surface area contributed by atoms with Gasteiger partial charge in [0.2, 0.25) is 0 Å². The molecule has 0 spiro atoms. The van der Waals surface area contributed by atoms with Crippen molar-refractivity contribution in [2.24, 2.45) is 0 Å². The predicted octanol–water partition coefficient (Wildman–Crippen LogP) is 2.60. The van der Waals surface area contributed by atoms with Gasteiger partial charge in [0.15, 0.2) is 5.69 Å². The van der Waals surface area contributed by atoms with Crippen LogP contribution in [-0.4, -0.2) is 17.1 Å². The van der Waals surface area contributed by atoms with Crippen LogP contribution in [0.25, 0.3) is 11.0 Å². The third-order valence-corrected chi connectivity index (χ3v) is 2.65. The van der Waals surface area contributed by atoms with E-state index in [4.69, 9.17) is 4.74 Å². The molecule has 0 radical (unpaired) electrons. The molecule has 0 saturated carbocycles. The lowest BCUT2D eigenvalue weighted by Crippen LogP contribution is -2.26. The Morgan fingerprint density at radius 3 is 2.89 bits per heavy atom. The van der Waals surface area contributed by atoms with E-state index in [9.17, 15) is 13.6 Å². The lowest BCUT2D eigenvalue weighted by atomic mass is 10.1. The van der Waals surface area contributed by atoms with Gasteiger partial charge in [0.05, 0.1) is 18.1 Å². The predicted molar refractivity (Wildman–Crippen MR) is 67.6 cm³/mol. The minimum atomic E-state index is -3.34. The number of ether oxygens (including phenoxy) is 1. The monoisotopic (exact) mass is 266 g/mol. The fourth-order valence-electron chi connectivity index (χ4n) is 1.72. The highest BCUT2D eigenvalue weighted by Gasteiger charge is 2.35. The van der Waals surface area contributed by atoms with Gasteiger partial charge in [-0.15, -0.1) is 6.58 Å². The third kappa shape index (κ3) is 2.47. The molecule has 0 aliphatic carbocycles. The van der Waals surface area contributed by atoms with E-state index >= 15 is 0 Å². The second-order valence-corrected chi connectivity index (χ2v) is 3.99. The first-order chi connectivity index (χ1) is 8.97. The summed E-state index contributed by atoms with van der Waals surface area (Å²) < 4.78 is 32.5. The van der Waals surface area contributed by atoms with Gasteiger partial charge in [0.1, 0.15) is 5.75 Å². The van der Waals surface area contributed by atoms with Crippen molar-refractivity contribution in [1.29, 1.82) is 0 Å². The first kappa shape index (κ1) is 13.2. The van der Waals surface area contributed by atoms with Crippen molar-refractivity contribution in [2.75, 3.05) is 7.11 Å². The number of methoxy groups -OCH3 is 1. The average Bonchev–Trinajstić information content (AvgIpc) is 2.37. The van der Waals surface area contributed by atoms with Crippen molar-refractivity contribution in [2.45, 2.75) is 12.3 Å². The summed E-state index contributed by atoms with van der Waals surface area (Å²) in [5.74, 6) is -2.86. The molecule has 0 fully saturated rings. The molecule has 0 atom stereocenters. The number of hydrogen-bond acceptors (Lipinski definition) is 3. The Morgan fingerprint density at radius 2 is 2.26 bits per heavy atom. The Labute approximate surface area is 107 Å². The number of aromatic nitrogens is 2. The van der Waals surface area contributed by atoms with Crippen LogP contribution < -0.4 is 10.3 Å². The Hall–Kier alpha value is -2.24. The number of fused-ring (bicyclic) bond motifs is 1. The number of H-pyrrole nitrogens is 1. The lowest BCUT2D eigenvalue weighted by Gasteiger charge is -2.13. The second-order valence-electron chi connectivity index (χ2n) is 3.99. The first-order valence-corrected chi connectivity index (χ1v) is 5.55. The summed E-state index contributed by atoms with van der Waals surface area (Å²) >= 11 is 0. The summed E-state index contributed by atoms with van der Waals surface area (Å²) in [5, 5.41) is 0. The summed E-state index contributed by atoms with van der Waals surface area (Å²) in [6.45, 7) is 3.25. The van der Waals surface area contributed by atoms with Crippen molar-refractivity contribution < 1.29 is 13.5 Å². The topological polar surface area (TPSA) is 55.0 Å². The van der Waals surface area contributed by atoms with Crippen LogP contribution in [0.15, 0.2) is 35.6 Å².